The van der Waals surface area contributed by atoms with Gasteiger partial charge in [0.15, 0.2) is 5.16 Å². The minimum atomic E-state index is -0.288. The van der Waals surface area contributed by atoms with Crippen molar-refractivity contribution in [2.24, 2.45) is 0 Å². The first-order valence-electron chi connectivity index (χ1n) is 6.68. The van der Waals surface area contributed by atoms with Gasteiger partial charge in [0.1, 0.15) is 5.65 Å². The van der Waals surface area contributed by atoms with E-state index in [1.54, 1.807) is 12.3 Å². The monoisotopic (exact) mass is 297 g/mol. The van der Waals surface area contributed by atoms with E-state index in [0.717, 1.165) is 5.75 Å². The van der Waals surface area contributed by atoms with Crippen LogP contribution in [0.5, 0.6) is 0 Å². The fourth-order valence-corrected chi connectivity index (χ4v) is 3.00. The van der Waals surface area contributed by atoms with E-state index in [1.807, 2.05) is 12.1 Å². The molecule has 0 atom stereocenters. The van der Waals surface area contributed by atoms with Crippen LogP contribution in [0.3, 0.4) is 0 Å². The first-order chi connectivity index (χ1) is 10.1. The van der Waals surface area contributed by atoms with E-state index in [-0.39, 0.29) is 5.69 Å². The summed E-state index contributed by atoms with van der Waals surface area (Å²) in [5.74, 6) is 0.760. The summed E-state index contributed by atoms with van der Waals surface area (Å²) in [5.41, 5.74) is 4.06. The fourth-order valence-electron chi connectivity index (χ4n) is 2.11. The van der Waals surface area contributed by atoms with Gasteiger partial charge in [-0.15, -0.1) is 0 Å². The molecule has 1 aromatic carbocycles. The Balaban J connectivity index is 1.88. The van der Waals surface area contributed by atoms with Gasteiger partial charge < -0.3 is 0 Å². The van der Waals surface area contributed by atoms with Gasteiger partial charge in [0.2, 0.25) is 0 Å². The summed E-state index contributed by atoms with van der Waals surface area (Å²) in [4.78, 5) is 20.4. The van der Waals surface area contributed by atoms with Crippen molar-refractivity contribution < 1.29 is 0 Å². The van der Waals surface area contributed by atoms with Gasteiger partial charge in [-0.1, -0.05) is 41.6 Å². The van der Waals surface area contributed by atoms with Crippen LogP contribution in [0.2, 0.25) is 0 Å². The third kappa shape index (κ3) is 2.97. The fraction of sp³-hybridized carbons (Fsp3) is 0.188. The number of hydrogen-bond donors (Lipinski definition) is 0. The zero-order valence-electron chi connectivity index (χ0n) is 11.9. The lowest BCUT2D eigenvalue weighted by atomic mass is 10.1. The third-order valence-corrected chi connectivity index (χ3v) is 4.20. The molecule has 0 saturated heterocycles. The average molecular weight is 297 g/mol. The number of nitrogens with zero attached hydrogens (tertiary/aromatic N) is 3. The van der Waals surface area contributed by atoms with E-state index in [0.29, 0.717) is 10.8 Å². The predicted molar refractivity (Wildman–Crippen MR) is 84.7 cm³/mol. The summed E-state index contributed by atoms with van der Waals surface area (Å²) in [7, 11) is 0. The third-order valence-electron chi connectivity index (χ3n) is 3.31. The van der Waals surface area contributed by atoms with Crippen LogP contribution in [-0.4, -0.2) is 14.4 Å². The van der Waals surface area contributed by atoms with Crippen molar-refractivity contribution in [3.63, 3.8) is 0 Å². The Morgan fingerprint density at radius 1 is 1.14 bits per heavy atom. The van der Waals surface area contributed by atoms with E-state index in [9.17, 15) is 4.79 Å². The molecular formula is C16H15N3OS. The molecule has 0 aliphatic carbocycles. The summed E-state index contributed by atoms with van der Waals surface area (Å²) in [6.45, 7) is 4.16. The summed E-state index contributed by atoms with van der Waals surface area (Å²) in [6.07, 6.45) is 1.68. The number of pyridine rings is 1. The SMILES string of the molecule is Cc1ccc(C)c(CSc2nc(=O)n3ccccc3n2)c1. The molecule has 5 heteroatoms. The molecule has 0 aliphatic heterocycles. The van der Waals surface area contributed by atoms with E-state index in [1.165, 1.54) is 32.9 Å². The van der Waals surface area contributed by atoms with Crippen LogP contribution in [-0.2, 0) is 5.75 Å². The Hall–Kier alpha value is -2.14. The highest BCUT2D eigenvalue weighted by atomic mass is 32.2. The quantitative estimate of drug-likeness (QED) is 0.697. The van der Waals surface area contributed by atoms with Crippen LogP contribution in [0.1, 0.15) is 16.7 Å². The molecule has 2 heterocycles. The summed E-state index contributed by atoms with van der Waals surface area (Å²) in [6, 6.07) is 11.8. The molecule has 3 aromatic rings. The van der Waals surface area contributed by atoms with Crippen LogP contribution in [0.25, 0.3) is 5.65 Å². The van der Waals surface area contributed by atoms with Crippen molar-refractivity contribution in [1.29, 1.82) is 0 Å². The molecule has 0 saturated carbocycles. The minimum Gasteiger partial charge on any atom is -0.251 e. The molecular weight excluding hydrogens is 282 g/mol. The van der Waals surface area contributed by atoms with Gasteiger partial charge in [-0.2, -0.15) is 4.98 Å². The Morgan fingerprint density at radius 3 is 2.86 bits per heavy atom. The normalized spacial score (nSPS) is 11.0. The zero-order valence-corrected chi connectivity index (χ0v) is 12.7. The second-order valence-electron chi connectivity index (χ2n) is 4.94. The zero-order chi connectivity index (χ0) is 14.8. The van der Waals surface area contributed by atoms with Crippen LogP contribution >= 0.6 is 11.8 Å². The van der Waals surface area contributed by atoms with Gasteiger partial charge in [-0.3, -0.25) is 4.40 Å². The molecule has 21 heavy (non-hydrogen) atoms. The molecule has 106 valence electrons. The molecule has 0 spiro atoms. The molecule has 4 nitrogen and oxygen atoms in total. The maximum Gasteiger partial charge on any atom is 0.355 e. The van der Waals surface area contributed by atoms with Crippen molar-refractivity contribution >= 4 is 17.4 Å². The Morgan fingerprint density at radius 2 is 2.00 bits per heavy atom. The first-order valence-corrected chi connectivity index (χ1v) is 7.66. The van der Waals surface area contributed by atoms with Gasteiger partial charge >= 0.3 is 5.69 Å². The maximum atomic E-state index is 11.9. The summed E-state index contributed by atoms with van der Waals surface area (Å²) < 4.78 is 1.45. The van der Waals surface area contributed by atoms with Crippen molar-refractivity contribution in [2.45, 2.75) is 24.8 Å². The minimum absolute atomic E-state index is 0.288. The highest BCUT2D eigenvalue weighted by Gasteiger charge is 2.06. The maximum absolute atomic E-state index is 11.9. The second-order valence-corrected chi connectivity index (χ2v) is 5.88. The number of fused-ring (bicyclic) bond motifs is 1. The predicted octanol–water partition coefficient (Wildman–Crippen LogP) is 3.00. The number of aromatic nitrogens is 3. The van der Waals surface area contributed by atoms with Crippen molar-refractivity contribution in [3.8, 4) is 0 Å². The number of rotatable bonds is 3. The molecule has 0 fully saturated rings. The van der Waals surface area contributed by atoms with Crippen LogP contribution in [0.15, 0.2) is 52.5 Å². The lowest BCUT2D eigenvalue weighted by Gasteiger charge is -2.06. The van der Waals surface area contributed by atoms with Crippen LogP contribution in [0, 0.1) is 13.8 Å². The Kier molecular flexibility index (Phi) is 3.75. The molecule has 0 amide bonds. The lowest BCUT2D eigenvalue weighted by molar-refractivity contribution is 0.846. The van der Waals surface area contributed by atoms with Gasteiger partial charge in [0.25, 0.3) is 0 Å². The standard InChI is InChI=1S/C16H15N3OS/c1-11-6-7-12(2)13(9-11)10-21-15-17-14-5-3-4-8-19(14)16(20)18-15/h3-9H,10H2,1-2H3. The van der Waals surface area contributed by atoms with Crippen molar-refractivity contribution in [3.05, 3.63) is 69.8 Å². The van der Waals surface area contributed by atoms with Crippen molar-refractivity contribution in [1.82, 2.24) is 14.4 Å². The molecule has 0 N–H and O–H groups in total. The summed E-state index contributed by atoms with van der Waals surface area (Å²) in [5, 5.41) is 0.520. The van der Waals surface area contributed by atoms with Crippen LogP contribution in [0.4, 0.5) is 0 Å². The van der Waals surface area contributed by atoms with E-state index in [4.69, 9.17) is 0 Å². The topological polar surface area (TPSA) is 47.3 Å². The number of hydrogen-bond acceptors (Lipinski definition) is 4. The van der Waals surface area contributed by atoms with E-state index >= 15 is 0 Å². The van der Waals surface area contributed by atoms with Gasteiger partial charge in [-0.05, 0) is 37.1 Å². The van der Waals surface area contributed by atoms with Gasteiger partial charge in [-0.25, -0.2) is 9.78 Å². The lowest BCUT2D eigenvalue weighted by Crippen LogP contribution is -2.18. The number of thioether (sulfide) groups is 1. The molecule has 0 unspecified atom stereocenters. The largest absolute Gasteiger partial charge is 0.355 e. The first kappa shape index (κ1) is 13.8. The smallest absolute Gasteiger partial charge is 0.251 e. The number of benzene rings is 1. The average Bonchev–Trinajstić information content (AvgIpc) is 2.48. The molecule has 3 rings (SSSR count). The Labute approximate surface area is 126 Å². The summed E-state index contributed by atoms with van der Waals surface area (Å²) >= 11 is 1.49. The van der Waals surface area contributed by atoms with Crippen molar-refractivity contribution in [2.75, 3.05) is 0 Å². The molecule has 2 aromatic heterocycles. The van der Waals surface area contributed by atoms with Gasteiger partial charge in [0.05, 0.1) is 0 Å². The Bertz CT molecular complexity index is 858. The molecule has 0 bridgehead atoms. The second kappa shape index (κ2) is 5.69. The van der Waals surface area contributed by atoms with Gasteiger partial charge in [0, 0.05) is 11.9 Å². The number of aryl methyl sites for hydroxylation is 2. The van der Waals surface area contributed by atoms with Crippen LogP contribution < -0.4 is 5.69 Å². The van der Waals surface area contributed by atoms with E-state index in [2.05, 4.69) is 42.0 Å². The molecule has 0 aliphatic rings. The molecule has 0 radical (unpaired) electrons. The highest BCUT2D eigenvalue weighted by molar-refractivity contribution is 7.98. The van der Waals surface area contributed by atoms with E-state index < -0.39 is 0 Å². The highest BCUT2D eigenvalue weighted by Crippen LogP contribution is 2.21.